The molecule has 0 spiro atoms. The van der Waals surface area contributed by atoms with E-state index >= 15 is 0 Å². The lowest BCUT2D eigenvalue weighted by molar-refractivity contribution is 0.596. The van der Waals surface area contributed by atoms with Gasteiger partial charge in [0, 0.05) is 0 Å². The van der Waals surface area contributed by atoms with Gasteiger partial charge in [-0.2, -0.15) is 0 Å². The second kappa shape index (κ2) is 6.92. The van der Waals surface area contributed by atoms with Crippen molar-refractivity contribution in [2.45, 2.75) is 17.9 Å². The molecule has 0 aliphatic carbocycles. The zero-order chi connectivity index (χ0) is 20.7. The largest absolute Gasteiger partial charge is 0.358 e. The van der Waals surface area contributed by atoms with Gasteiger partial charge < -0.3 is 10.3 Å². The molecule has 30 heavy (non-hydrogen) atoms. The lowest BCUT2D eigenvalue weighted by Gasteiger charge is -2.33. The first-order valence-corrected chi connectivity index (χ1v) is 10.7. The highest BCUT2D eigenvalue weighted by Crippen LogP contribution is 2.36. The van der Waals surface area contributed by atoms with Gasteiger partial charge in [0.05, 0.1) is 23.7 Å². The molecule has 0 fully saturated rings. The van der Waals surface area contributed by atoms with Crippen LogP contribution < -0.4 is 9.62 Å². The fourth-order valence-corrected chi connectivity index (χ4v) is 5.08. The Kier molecular flexibility index (Phi) is 4.21. The van der Waals surface area contributed by atoms with Gasteiger partial charge in [0.1, 0.15) is 22.6 Å². The minimum Gasteiger partial charge on any atom is -0.358 e. The van der Waals surface area contributed by atoms with Crippen LogP contribution in [0.3, 0.4) is 0 Å². The number of hydrogen-bond donors (Lipinski definition) is 2. The van der Waals surface area contributed by atoms with Crippen LogP contribution in [0.1, 0.15) is 6.92 Å². The van der Waals surface area contributed by atoms with Crippen LogP contribution in [0.4, 0.5) is 17.2 Å². The third-order valence-corrected chi connectivity index (χ3v) is 6.56. The number of rotatable bonds is 4. The average Bonchev–Trinajstić information content (AvgIpc) is 3.24. The zero-order valence-electron chi connectivity index (χ0n) is 15.9. The van der Waals surface area contributed by atoms with Crippen molar-refractivity contribution in [2.24, 2.45) is 4.99 Å². The van der Waals surface area contributed by atoms with E-state index in [2.05, 4.69) is 25.3 Å². The predicted molar refractivity (Wildman–Crippen MR) is 114 cm³/mol. The van der Waals surface area contributed by atoms with Gasteiger partial charge in [0.25, 0.3) is 10.0 Å². The van der Waals surface area contributed by atoms with Gasteiger partial charge in [-0.25, -0.2) is 32.7 Å². The van der Waals surface area contributed by atoms with E-state index in [0.717, 1.165) is 0 Å². The number of fused-ring (bicyclic) bond motifs is 2. The minimum absolute atomic E-state index is 0.169. The maximum atomic E-state index is 13.5. The lowest BCUT2D eigenvalue weighted by atomic mass is 10.2. The fourth-order valence-electron chi connectivity index (χ4n) is 3.41. The maximum absolute atomic E-state index is 13.5. The molecule has 0 saturated carbocycles. The third-order valence-electron chi connectivity index (χ3n) is 4.78. The van der Waals surface area contributed by atoms with Gasteiger partial charge >= 0.3 is 0 Å². The molecule has 10 heteroatoms. The standard InChI is InChI=1S/C20H17N7O2S/c1-13(25-19-17-18(22-11-21-17)23-12-24-19)20-26-15-9-5-6-10-16(15)30(28,29)27(20)14-7-3-2-4-8-14/h2-13H,1H3,(H2,21,22,23,24,25). The van der Waals surface area contributed by atoms with Crippen LogP contribution in [-0.2, 0) is 10.0 Å². The predicted octanol–water partition coefficient (Wildman–Crippen LogP) is 3.09. The van der Waals surface area contributed by atoms with Crippen molar-refractivity contribution >= 4 is 44.2 Å². The van der Waals surface area contributed by atoms with Gasteiger partial charge in [-0.15, -0.1) is 0 Å². The quantitative estimate of drug-likeness (QED) is 0.525. The van der Waals surface area contributed by atoms with E-state index < -0.39 is 16.1 Å². The number of nitrogens with zero attached hydrogens (tertiary/aromatic N) is 5. The van der Waals surface area contributed by atoms with Crippen molar-refractivity contribution in [3.05, 3.63) is 67.3 Å². The Balaban J connectivity index is 1.64. The lowest BCUT2D eigenvalue weighted by Crippen LogP contribution is -2.47. The molecule has 1 atom stereocenters. The summed E-state index contributed by atoms with van der Waals surface area (Å²) in [6.07, 6.45) is 2.94. The molecule has 2 aromatic heterocycles. The molecule has 150 valence electrons. The van der Waals surface area contributed by atoms with Crippen molar-refractivity contribution < 1.29 is 8.42 Å². The van der Waals surface area contributed by atoms with E-state index in [1.807, 2.05) is 13.0 Å². The van der Waals surface area contributed by atoms with Gasteiger partial charge in [0.2, 0.25) is 0 Å². The smallest absolute Gasteiger partial charge is 0.271 e. The second-order valence-electron chi connectivity index (χ2n) is 6.73. The minimum atomic E-state index is -3.84. The summed E-state index contributed by atoms with van der Waals surface area (Å²) in [6, 6.07) is 15.1. The van der Waals surface area contributed by atoms with Crippen molar-refractivity contribution in [3.63, 3.8) is 0 Å². The molecule has 1 aliphatic heterocycles. The molecule has 2 aromatic carbocycles. The maximum Gasteiger partial charge on any atom is 0.271 e. The molecule has 1 unspecified atom stereocenters. The van der Waals surface area contributed by atoms with Gasteiger partial charge in [-0.1, -0.05) is 30.3 Å². The number of nitrogens with one attached hydrogen (secondary N) is 2. The molecule has 0 bridgehead atoms. The number of anilines is 2. The molecule has 9 nitrogen and oxygen atoms in total. The highest BCUT2D eigenvalue weighted by molar-refractivity contribution is 7.93. The third kappa shape index (κ3) is 2.89. The zero-order valence-corrected chi connectivity index (χ0v) is 16.7. The first-order valence-electron chi connectivity index (χ1n) is 9.24. The SMILES string of the molecule is CC(Nc1ncnc2nc[nH]c12)C1=Nc2ccccc2S(=O)(=O)N1c1ccccc1. The Labute approximate surface area is 172 Å². The molecule has 2 N–H and O–H groups in total. The number of benzene rings is 2. The number of sulfonamides is 1. The molecule has 3 heterocycles. The Morgan fingerprint density at radius 2 is 1.77 bits per heavy atom. The molecule has 4 aromatic rings. The number of imidazole rings is 1. The van der Waals surface area contributed by atoms with Crippen LogP contribution in [0.2, 0.25) is 0 Å². The fraction of sp³-hybridized carbons (Fsp3) is 0.100. The summed E-state index contributed by atoms with van der Waals surface area (Å²) < 4.78 is 28.3. The van der Waals surface area contributed by atoms with Crippen LogP contribution in [-0.4, -0.2) is 40.2 Å². The van der Waals surface area contributed by atoms with Crippen LogP contribution in [0.15, 0.2) is 77.1 Å². The molecular weight excluding hydrogens is 402 g/mol. The number of aromatic nitrogens is 4. The summed E-state index contributed by atoms with van der Waals surface area (Å²) >= 11 is 0. The summed E-state index contributed by atoms with van der Waals surface area (Å²) in [5.41, 5.74) is 2.06. The highest BCUT2D eigenvalue weighted by Gasteiger charge is 2.37. The van der Waals surface area contributed by atoms with Gasteiger partial charge in [-0.3, -0.25) is 0 Å². The van der Waals surface area contributed by atoms with E-state index in [1.54, 1.807) is 48.5 Å². The Hall–Kier alpha value is -3.79. The number of aliphatic imine (C=N–C) groups is 1. The van der Waals surface area contributed by atoms with Gasteiger partial charge in [-0.05, 0) is 31.2 Å². The summed E-state index contributed by atoms with van der Waals surface area (Å²) in [5.74, 6) is 0.850. The monoisotopic (exact) mass is 419 g/mol. The average molecular weight is 419 g/mol. The van der Waals surface area contributed by atoms with Crippen molar-refractivity contribution in [2.75, 3.05) is 9.62 Å². The normalized spacial score (nSPS) is 16.0. The topological polar surface area (TPSA) is 116 Å². The summed E-state index contributed by atoms with van der Waals surface area (Å²) in [6.45, 7) is 1.84. The second-order valence-corrected chi connectivity index (χ2v) is 8.49. The number of hydrogen-bond acceptors (Lipinski definition) is 7. The number of para-hydroxylation sites is 2. The van der Waals surface area contributed by atoms with E-state index in [0.29, 0.717) is 34.2 Å². The van der Waals surface area contributed by atoms with E-state index in [-0.39, 0.29) is 4.90 Å². The van der Waals surface area contributed by atoms with Crippen molar-refractivity contribution in [1.29, 1.82) is 0 Å². The number of aromatic amines is 1. The molecule has 0 saturated heterocycles. The van der Waals surface area contributed by atoms with Crippen molar-refractivity contribution in [1.82, 2.24) is 19.9 Å². The Morgan fingerprint density at radius 1 is 1.00 bits per heavy atom. The van der Waals surface area contributed by atoms with Crippen LogP contribution in [0.25, 0.3) is 11.2 Å². The summed E-state index contributed by atoms with van der Waals surface area (Å²) in [4.78, 5) is 20.4. The molecule has 0 radical (unpaired) electrons. The Bertz CT molecular complexity index is 1370. The summed E-state index contributed by atoms with van der Waals surface area (Å²) in [7, 11) is -3.84. The van der Waals surface area contributed by atoms with E-state index in [4.69, 9.17) is 4.99 Å². The number of H-pyrrole nitrogens is 1. The van der Waals surface area contributed by atoms with Crippen LogP contribution >= 0.6 is 0 Å². The number of amidine groups is 1. The van der Waals surface area contributed by atoms with Gasteiger partial charge in [0.15, 0.2) is 11.5 Å². The first kappa shape index (κ1) is 18.3. The van der Waals surface area contributed by atoms with Crippen LogP contribution in [0.5, 0.6) is 0 Å². The van der Waals surface area contributed by atoms with E-state index in [1.165, 1.54) is 17.0 Å². The molecular formula is C20H17N7O2S. The Morgan fingerprint density at radius 3 is 2.60 bits per heavy atom. The molecule has 0 amide bonds. The first-order chi connectivity index (χ1) is 14.6. The molecule has 1 aliphatic rings. The summed E-state index contributed by atoms with van der Waals surface area (Å²) in [5, 5.41) is 3.25. The highest BCUT2D eigenvalue weighted by atomic mass is 32.2. The molecule has 5 rings (SSSR count). The van der Waals surface area contributed by atoms with Crippen molar-refractivity contribution in [3.8, 4) is 0 Å². The van der Waals surface area contributed by atoms with E-state index in [9.17, 15) is 8.42 Å². The van der Waals surface area contributed by atoms with Crippen LogP contribution in [0, 0.1) is 0 Å².